The van der Waals surface area contributed by atoms with Gasteiger partial charge < -0.3 is 0 Å². The Hall–Kier alpha value is -3.28. The van der Waals surface area contributed by atoms with Crippen molar-refractivity contribution in [3.05, 3.63) is 94.3 Å². The van der Waals surface area contributed by atoms with E-state index in [0.717, 1.165) is 0 Å². The van der Waals surface area contributed by atoms with Crippen LogP contribution in [0.5, 0.6) is 0 Å². The lowest BCUT2D eigenvalue weighted by Gasteiger charge is -2.17. The van der Waals surface area contributed by atoms with Crippen LogP contribution in [-0.4, -0.2) is 20.5 Å². The Kier molecular flexibility index (Phi) is 4.47. The van der Waals surface area contributed by atoms with Gasteiger partial charge in [0, 0.05) is 36.5 Å². The Morgan fingerprint density at radius 2 is 1.92 bits per heavy atom. The number of hydrogen-bond donors (Lipinski definition) is 0. The summed E-state index contributed by atoms with van der Waals surface area (Å²) in [5.41, 5.74) is 1.29. The van der Waals surface area contributed by atoms with Crippen molar-refractivity contribution in [2.45, 2.75) is 12.5 Å². The zero-order valence-electron chi connectivity index (χ0n) is 12.8. The van der Waals surface area contributed by atoms with E-state index in [-0.39, 0.29) is 17.9 Å². The highest BCUT2D eigenvalue weighted by atomic mass is 16.6. The number of ketones is 1. The molecular formula is C18H15N3O3. The topological polar surface area (TPSA) is 78.0 Å². The first kappa shape index (κ1) is 15.6. The summed E-state index contributed by atoms with van der Waals surface area (Å²) in [5, 5.41) is 15.2. The second-order valence-electron chi connectivity index (χ2n) is 5.35. The predicted molar refractivity (Wildman–Crippen MR) is 88.9 cm³/mol. The van der Waals surface area contributed by atoms with E-state index in [4.69, 9.17) is 0 Å². The lowest BCUT2D eigenvalue weighted by atomic mass is 9.97. The Balaban J connectivity index is 1.95. The predicted octanol–water partition coefficient (Wildman–Crippen LogP) is 3.65. The third kappa shape index (κ3) is 3.38. The number of rotatable bonds is 6. The molecule has 1 aromatic heterocycles. The van der Waals surface area contributed by atoms with E-state index in [2.05, 4.69) is 5.10 Å². The summed E-state index contributed by atoms with van der Waals surface area (Å²) in [7, 11) is 0. The second-order valence-corrected chi connectivity index (χ2v) is 5.35. The fourth-order valence-corrected chi connectivity index (χ4v) is 2.59. The molecule has 0 saturated carbocycles. The summed E-state index contributed by atoms with van der Waals surface area (Å²) in [6.45, 7) is 0. The number of nitrogens with zero attached hydrogens (tertiary/aromatic N) is 3. The monoisotopic (exact) mass is 321 g/mol. The number of carbonyl (C=O) groups is 1. The van der Waals surface area contributed by atoms with Crippen molar-refractivity contribution < 1.29 is 9.72 Å². The van der Waals surface area contributed by atoms with Crippen molar-refractivity contribution in [2.24, 2.45) is 0 Å². The molecule has 1 atom stereocenters. The van der Waals surface area contributed by atoms with Crippen LogP contribution in [-0.2, 0) is 0 Å². The third-order valence-corrected chi connectivity index (χ3v) is 3.78. The summed E-state index contributed by atoms with van der Waals surface area (Å²) in [5.74, 6) is -0.0393. The van der Waals surface area contributed by atoms with Crippen LogP contribution in [0.1, 0.15) is 28.4 Å². The normalized spacial score (nSPS) is 11.8. The minimum atomic E-state index is -0.442. The van der Waals surface area contributed by atoms with Crippen LogP contribution in [0.3, 0.4) is 0 Å². The Labute approximate surface area is 138 Å². The molecule has 0 aliphatic carbocycles. The molecule has 6 nitrogen and oxygen atoms in total. The van der Waals surface area contributed by atoms with Crippen LogP contribution in [0, 0.1) is 10.1 Å². The van der Waals surface area contributed by atoms with E-state index >= 15 is 0 Å². The van der Waals surface area contributed by atoms with Gasteiger partial charge in [0.15, 0.2) is 5.78 Å². The molecule has 24 heavy (non-hydrogen) atoms. The molecule has 0 N–H and O–H groups in total. The molecule has 0 bridgehead atoms. The number of nitro benzene ring substituents is 1. The number of carbonyl (C=O) groups excluding carboxylic acids is 1. The minimum Gasteiger partial charge on any atom is -0.294 e. The van der Waals surface area contributed by atoms with Gasteiger partial charge in [0.2, 0.25) is 0 Å². The second kappa shape index (κ2) is 6.87. The molecule has 3 rings (SSSR count). The van der Waals surface area contributed by atoms with Gasteiger partial charge in [-0.25, -0.2) is 0 Å². The summed E-state index contributed by atoms with van der Waals surface area (Å²) in [6, 6.07) is 16.7. The summed E-state index contributed by atoms with van der Waals surface area (Å²) < 4.78 is 1.65. The quantitative estimate of drug-likeness (QED) is 0.394. The van der Waals surface area contributed by atoms with Crippen LogP contribution >= 0.6 is 0 Å². The number of aromatic nitrogens is 2. The van der Waals surface area contributed by atoms with Gasteiger partial charge >= 0.3 is 0 Å². The first-order chi connectivity index (χ1) is 11.6. The number of benzene rings is 2. The van der Waals surface area contributed by atoms with Crippen molar-refractivity contribution in [3.8, 4) is 0 Å². The molecule has 0 radical (unpaired) electrons. The maximum absolute atomic E-state index is 12.6. The maximum atomic E-state index is 12.6. The van der Waals surface area contributed by atoms with Crippen molar-refractivity contribution in [1.29, 1.82) is 0 Å². The van der Waals surface area contributed by atoms with Gasteiger partial charge in [-0.15, -0.1) is 0 Å². The zero-order chi connectivity index (χ0) is 16.9. The fraction of sp³-hybridized carbons (Fsp3) is 0.111. The average molecular weight is 321 g/mol. The molecular weight excluding hydrogens is 306 g/mol. The van der Waals surface area contributed by atoms with Crippen molar-refractivity contribution >= 4 is 11.5 Å². The van der Waals surface area contributed by atoms with Gasteiger partial charge in [-0.1, -0.05) is 42.5 Å². The van der Waals surface area contributed by atoms with Crippen molar-refractivity contribution in [2.75, 3.05) is 0 Å². The highest BCUT2D eigenvalue weighted by Gasteiger charge is 2.21. The van der Waals surface area contributed by atoms with Gasteiger partial charge in [0.1, 0.15) is 0 Å². The van der Waals surface area contributed by atoms with Crippen molar-refractivity contribution in [1.82, 2.24) is 9.78 Å². The maximum Gasteiger partial charge on any atom is 0.269 e. The SMILES string of the molecule is O=C(C[C@H](c1cccc([N+](=O)[O-])c1)n1cccn1)c1ccccc1. The molecule has 0 aliphatic heterocycles. The molecule has 2 aromatic carbocycles. The molecule has 0 spiro atoms. The van der Waals surface area contributed by atoms with E-state index in [1.807, 2.05) is 18.2 Å². The van der Waals surface area contributed by atoms with Gasteiger partial charge in [-0.05, 0) is 11.6 Å². The van der Waals surface area contributed by atoms with Gasteiger partial charge in [-0.2, -0.15) is 5.10 Å². The average Bonchev–Trinajstić information content (AvgIpc) is 3.14. The third-order valence-electron chi connectivity index (χ3n) is 3.78. The van der Waals surface area contributed by atoms with Crippen LogP contribution in [0.25, 0.3) is 0 Å². The summed E-state index contributed by atoms with van der Waals surface area (Å²) in [4.78, 5) is 23.1. The largest absolute Gasteiger partial charge is 0.294 e. The Morgan fingerprint density at radius 3 is 2.58 bits per heavy atom. The van der Waals surface area contributed by atoms with E-state index < -0.39 is 11.0 Å². The molecule has 0 fully saturated rings. The van der Waals surface area contributed by atoms with Gasteiger partial charge in [0.05, 0.1) is 11.0 Å². The Morgan fingerprint density at radius 1 is 1.12 bits per heavy atom. The molecule has 0 amide bonds. The highest BCUT2D eigenvalue weighted by molar-refractivity contribution is 5.96. The number of nitro groups is 1. The van der Waals surface area contributed by atoms with Crippen LogP contribution < -0.4 is 0 Å². The van der Waals surface area contributed by atoms with Crippen molar-refractivity contribution in [3.63, 3.8) is 0 Å². The molecule has 3 aromatic rings. The lowest BCUT2D eigenvalue weighted by Crippen LogP contribution is -2.16. The lowest BCUT2D eigenvalue weighted by molar-refractivity contribution is -0.384. The van der Waals surface area contributed by atoms with Crippen LogP contribution in [0.2, 0.25) is 0 Å². The van der Waals surface area contributed by atoms with E-state index in [0.29, 0.717) is 11.1 Å². The number of Topliss-reactive ketones (excluding diaryl/α,β-unsaturated/α-hetero) is 1. The van der Waals surface area contributed by atoms with E-state index in [1.165, 1.54) is 12.1 Å². The minimum absolute atomic E-state index is 0.00295. The highest BCUT2D eigenvalue weighted by Crippen LogP contribution is 2.26. The molecule has 0 unspecified atom stereocenters. The molecule has 120 valence electrons. The standard InChI is InChI=1S/C18H15N3O3/c22-18(14-6-2-1-3-7-14)13-17(20-11-5-10-19-20)15-8-4-9-16(12-15)21(23)24/h1-12,17H,13H2/t17-/m1/s1. The first-order valence-corrected chi connectivity index (χ1v) is 7.47. The summed E-state index contributed by atoms with van der Waals surface area (Å²) in [6.07, 6.45) is 3.55. The van der Waals surface area contributed by atoms with Crippen LogP contribution in [0.4, 0.5) is 5.69 Å². The molecule has 6 heteroatoms. The fourth-order valence-electron chi connectivity index (χ4n) is 2.59. The van der Waals surface area contributed by atoms with Gasteiger partial charge in [-0.3, -0.25) is 19.6 Å². The van der Waals surface area contributed by atoms with Crippen LogP contribution in [0.15, 0.2) is 73.1 Å². The van der Waals surface area contributed by atoms with E-state index in [9.17, 15) is 14.9 Å². The number of non-ortho nitro benzene ring substituents is 1. The molecule has 1 heterocycles. The first-order valence-electron chi connectivity index (χ1n) is 7.47. The van der Waals surface area contributed by atoms with Gasteiger partial charge in [0.25, 0.3) is 5.69 Å². The molecule has 0 saturated heterocycles. The smallest absolute Gasteiger partial charge is 0.269 e. The molecule has 0 aliphatic rings. The summed E-state index contributed by atoms with van der Waals surface area (Å²) >= 11 is 0. The van der Waals surface area contributed by atoms with E-state index in [1.54, 1.807) is 47.4 Å². The Bertz CT molecular complexity index is 845. The zero-order valence-corrected chi connectivity index (χ0v) is 12.8. The number of hydrogen-bond acceptors (Lipinski definition) is 4.